The summed E-state index contributed by atoms with van der Waals surface area (Å²) >= 11 is 3.39. The van der Waals surface area contributed by atoms with Crippen LogP contribution in [0.4, 0.5) is 4.39 Å². The van der Waals surface area contributed by atoms with E-state index in [9.17, 15) is 9.18 Å². The number of carbonyl (C=O) groups excluding carboxylic acids is 1. The third-order valence-electron chi connectivity index (χ3n) is 2.80. The van der Waals surface area contributed by atoms with Gasteiger partial charge in [0, 0.05) is 15.6 Å². The molecule has 2 aromatic carbocycles. The van der Waals surface area contributed by atoms with Crippen LogP contribution in [0.2, 0.25) is 0 Å². The van der Waals surface area contributed by atoms with Gasteiger partial charge in [-0.1, -0.05) is 22.9 Å². The Bertz CT molecular complexity index is 576. The van der Waals surface area contributed by atoms with E-state index in [-0.39, 0.29) is 11.6 Å². The van der Waals surface area contributed by atoms with Gasteiger partial charge in [-0.15, -0.1) is 0 Å². The number of halogens is 2. The summed E-state index contributed by atoms with van der Waals surface area (Å²) in [4.78, 5) is 12.3. The number of hydrogen-bond donors (Lipinski definition) is 0. The normalized spacial score (nSPS) is 10.4. The lowest BCUT2D eigenvalue weighted by atomic mass is 9.97. The maximum atomic E-state index is 12.8. The smallest absolute Gasteiger partial charge is 0.193 e. The molecule has 0 aliphatic heterocycles. The van der Waals surface area contributed by atoms with Crippen LogP contribution in [0.1, 0.15) is 28.4 Å². The number of aryl methyl sites for hydroxylation is 1. The lowest BCUT2D eigenvalue weighted by molar-refractivity contribution is 0.103. The minimum absolute atomic E-state index is 0.0700. The first-order valence-electron chi connectivity index (χ1n) is 5.70. The van der Waals surface area contributed by atoms with Gasteiger partial charge < -0.3 is 0 Å². The molecule has 0 aliphatic carbocycles. The number of hydrogen-bond acceptors (Lipinski definition) is 1. The molecule has 0 fully saturated rings. The van der Waals surface area contributed by atoms with E-state index in [2.05, 4.69) is 15.9 Å². The van der Waals surface area contributed by atoms with Crippen molar-refractivity contribution in [1.29, 1.82) is 0 Å². The minimum Gasteiger partial charge on any atom is -0.289 e. The quantitative estimate of drug-likeness (QED) is 0.769. The van der Waals surface area contributed by atoms with Gasteiger partial charge >= 0.3 is 0 Å². The zero-order chi connectivity index (χ0) is 13.1. The van der Waals surface area contributed by atoms with Gasteiger partial charge in [-0.05, 0) is 54.4 Å². The van der Waals surface area contributed by atoms with E-state index in [1.165, 1.54) is 24.3 Å². The molecule has 3 heteroatoms. The molecule has 0 unspecified atom stereocenters. The fourth-order valence-electron chi connectivity index (χ4n) is 1.83. The number of benzene rings is 2. The van der Waals surface area contributed by atoms with Crippen LogP contribution >= 0.6 is 15.9 Å². The van der Waals surface area contributed by atoms with Crippen molar-refractivity contribution in [3.05, 3.63) is 69.4 Å². The molecule has 0 heterocycles. The Morgan fingerprint density at radius 3 is 2.44 bits per heavy atom. The maximum absolute atomic E-state index is 12.8. The largest absolute Gasteiger partial charge is 0.289 e. The third kappa shape index (κ3) is 2.67. The van der Waals surface area contributed by atoms with Crippen LogP contribution in [-0.2, 0) is 6.42 Å². The predicted octanol–water partition coefficient (Wildman–Crippen LogP) is 4.38. The number of ketones is 1. The molecule has 92 valence electrons. The zero-order valence-corrected chi connectivity index (χ0v) is 11.5. The summed E-state index contributed by atoms with van der Waals surface area (Å²) in [5.74, 6) is -0.405. The molecule has 0 saturated heterocycles. The van der Waals surface area contributed by atoms with Gasteiger partial charge in [-0.3, -0.25) is 4.79 Å². The highest BCUT2D eigenvalue weighted by Gasteiger charge is 2.13. The SMILES string of the molecule is CCc1cc(Br)ccc1C(=O)c1ccc(F)cc1. The lowest BCUT2D eigenvalue weighted by Gasteiger charge is -2.07. The molecule has 0 aromatic heterocycles. The Morgan fingerprint density at radius 1 is 1.17 bits per heavy atom. The first-order valence-corrected chi connectivity index (χ1v) is 6.50. The third-order valence-corrected chi connectivity index (χ3v) is 3.29. The molecular weight excluding hydrogens is 295 g/mol. The average Bonchev–Trinajstić information content (AvgIpc) is 2.38. The molecule has 0 atom stereocenters. The van der Waals surface area contributed by atoms with Crippen molar-refractivity contribution in [2.24, 2.45) is 0 Å². The highest BCUT2D eigenvalue weighted by Crippen LogP contribution is 2.20. The van der Waals surface area contributed by atoms with Gasteiger partial charge in [0.15, 0.2) is 5.78 Å². The summed E-state index contributed by atoms with van der Waals surface area (Å²) in [5, 5.41) is 0. The second-order valence-electron chi connectivity index (χ2n) is 3.99. The van der Waals surface area contributed by atoms with E-state index in [0.717, 1.165) is 16.5 Å². The van der Waals surface area contributed by atoms with Crippen molar-refractivity contribution in [2.45, 2.75) is 13.3 Å². The second kappa shape index (κ2) is 5.44. The van der Waals surface area contributed by atoms with Gasteiger partial charge in [0.1, 0.15) is 5.82 Å². The molecule has 0 N–H and O–H groups in total. The number of rotatable bonds is 3. The average molecular weight is 307 g/mol. The molecule has 2 rings (SSSR count). The summed E-state index contributed by atoms with van der Waals surface area (Å²) in [7, 11) is 0. The van der Waals surface area contributed by atoms with Crippen LogP contribution in [-0.4, -0.2) is 5.78 Å². The molecule has 18 heavy (non-hydrogen) atoms. The van der Waals surface area contributed by atoms with Crippen molar-refractivity contribution >= 4 is 21.7 Å². The molecule has 0 radical (unpaired) electrons. The summed E-state index contributed by atoms with van der Waals surface area (Å²) in [6.45, 7) is 2.00. The Balaban J connectivity index is 2.42. The topological polar surface area (TPSA) is 17.1 Å². The van der Waals surface area contributed by atoms with E-state index in [0.29, 0.717) is 11.1 Å². The summed E-state index contributed by atoms with van der Waals surface area (Å²) < 4.78 is 13.8. The summed E-state index contributed by atoms with van der Waals surface area (Å²) in [6.07, 6.45) is 0.779. The molecule has 0 bridgehead atoms. The van der Waals surface area contributed by atoms with Gasteiger partial charge in [-0.2, -0.15) is 0 Å². The maximum Gasteiger partial charge on any atom is 0.193 e. The van der Waals surface area contributed by atoms with E-state index < -0.39 is 0 Å². The first kappa shape index (κ1) is 13.0. The molecule has 0 amide bonds. The van der Waals surface area contributed by atoms with Crippen molar-refractivity contribution < 1.29 is 9.18 Å². The Hall–Kier alpha value is -1.48. The van der Waals surface area contributed by atoms with Crippen LogP contribution < -0.4 is 0 Å². The fraction of sp³-hybridized carbons (Fsp3) is 0.133. The van der Waals surface area contributed by atoms with Gasteiger partial charge in [0.2, 0.25) is 0 Å². The second-order valence-corrected chi connectivity index (χ2v) is 4.91. The first-order chi connectivity index (χ1) is 8.61. The van der Waals surface area contributed by atoms with Gasteiger partial charge in [-0.25, -0.2) is 4.39 Å². The van der Waals surface area contributed by atoms with Crippen LogP contribution in [0.5, 0.6) is 0 Å². The minimum atomic E-state index is -0.335. The van der Waals surface area contributed by atoms with Crippen molar-refractivity contribution in [3.8, 4) is 0 Å². The van der Waals surface area contributed by atoms with Crippen molar-refractivity contribution in [1.82, 2.24) is 0 Å². The lowest BCUT2D eigenvalue weighted by Crippen LogP contribution is -2.05. The summed E-state index contributed by atoms with van der Waals surface area (Å²) in [6, 6.07) is 11.2. The van der Waals surface area contributed by atoms with E-state index >= 15 is 0 Å². The van der Waals surface area contributed by atoms with Crippen LogP contribution in [0.25, 0.3) is 0 Å². The molecule has 0 aliphatic rings. The Labute approximate surface area is 114 Å². The van der Waals surface area contributed by atoms with Gasteiger partial charge in [0.05, 0.1) is 0 Å². The van der Waals surface area contributed by atoms with Crippen LogP contribution in [0.15, 0.2) is 46.9 Å². The highest BCUT2D eigenvalue weighted by atomic mass is 79.9. The molecule has 0 saturated carbocycles. The Kier molecular flexibility index (Phi) is 3.92. The molecule has 1 nitrogen and oxygen atoms in total. The Morgan fingerprint density at radius 2 is 1.83 bits per heavy atom. The number of carbonyl (C=O) groups is 1. The highest BCUT2D eigenvalue weighted by molar-refractivity contribution is 9.10. The molecule has 0 spiro atoms. The van der Waals surface area contributed by atoms with Gasteiger partial charge in [0.25, 0.3) is 0 Å². The van der Waals surface area contributed by atoms with Crippen molar-refractivity contribution in [2.75, 3.05) is 0 Å². The van der Waals surface area contributed by atoms with E-state index in [4.69, 9.17) is 0 Å². The fourth-order valence-corrected chi connectivity index (χ4v) is 2.24. The molecule has 2 aromatic rings. The summed E-state index contributed by atoms with van der Waals surface area (Å²) in [5.41, 5.74) is 2.17. The zero-order valence-electron chi connectivity index (χ0n) is 9.91. The van der Waals surface area contributed by atoms with Crippen LogP contribution in [0, 0.1) is 5.82 Å². The predicted molar refractivity (Wildman–Crippen MR) is 73.4 cm³/mol. The van der Waals surface area contributed by atoms with E-state index in [1.54, 1.807) is 6.07 Å². The standard InChI is InChI=1S/C15H12BrFO/c1-2-10-9-12(16)5-8-14(10)15(18)11-3-6-13(17)7-4-11/h3-9H,2H2,1H3. The van der Waals surface area contributed by atoms with Crippen molar-refractivity contribution in [3.63, 3.8) is 0 Å². The molecular formula is C15H12BrFO. The van der Waals surface area contributed by atoms with E-state index in [1.807, 2.05) is 19.1 Å². The van der Waals surface area contributed by atoms with Crippen LogP contribution in [0.3, 0.4) is 0 Å². The monoisotopic (exact) mass is 306 g/mol.